The number of hydrogen-bond donors (Lipinski definition) is 3. The van der Waals surface area contributed by atoms with Gasteiger partial charge in [0, 0.05) is 37.2 Å². The van der Waals surface area contributed by atoms with Gasteiger partial charge in [-0.25, -0.2) is 13.1 Å². The predicted molar refractivity (Wildman–Crippen MR) is 71.1 cm³/mol. The van der Waals surface area contributed by atoms with Crippen LogP contribution in [0, 0.1) is 6.92 Å². The van der Waals surface area contributed by atoms with E-state index in [0.29, 0.717) is 5.69 Å². The van der Waals surface area contributed by atoms with E-state index in [1.807, 2.05) is 6.92 Å². The fourth-order valence-electron chi connectivity index (χ4n) is 1.61. The van der Waals surface area contributed by atoms with Gasteiger partial charge in [-0.15, -0.1) is 0 Å². The molecule has 7 nitrogen and oxygen atoms in total. The number of aryl methyl sites for hydroxylation is 1. The van der Waals surface area contributed by atoms with Crippen LogP contribution in [0.25, 0.3) is 0 Å². The Hall–Kier alpha value is -1.93. The molecular weight excluding hydrogens is 266 g/mol. The summed E-state index contributed by atoms with van der Waals surface area (Å²) in [6.45, 7) is 2.02. The zero-order valence-corrected chi connectivity index (χ0v) is 11.5. The van der Waals surface area contributed by atoms with Gasteiger partial charge < -0.3 is 5.32 Å². The van der Waals surface area contributed by atoms with Gasteiger partial charge in [-0.3, -0.25) is 10.1 Å². The van der Waals surface area contributed by atoms with E-state index >= 15 is 0 Å². The third-order valence-electron chi connectivity index (χ3n) is 2.73. The number of nitrogens with one attached hydrogen (secondary N) is 3. The molecule has 2 aromatic heterocycles. The lowest BCUT2D eigenvalue weighted by molar-refractivity contribution is 0.581. The fraction of sp³-hybridized carbons (Fsp3) is 0.273. The molecule has 0 fully saturated rings. The molecule has 0 spiro atoms. The summed E-state index contributed by atoms with van der Waals surface area (Å²) < 4.78 is 26.9. The Labute approximate surface area is 111 Å². The van der Waals surface area contributed by atoms with Crippen molar-refractivity contribution >= 4 is 15.7 Å². The predicted octanol–water partition coefficient (Wildman–Crippen LogP) is 0.633. The third-order valence-corrected chi connectivity index (χ3v) is 4.16. The zero-order chi connectivity index (χ0) is 13.9. The molecular formula is C11H15N5O2S. The highest BCUT2D eigenvalue weighted by atomic mass is 32.2. The minimum Gasteiger partial charge on any atom is -0.387 e. The van der Waals surface area contributed by atoms with Crippen LogP contribution in [0.1, 0.15) is 11.3 Å². The maximum Gasteiger partial charge on any atom is 0.244 e. The highest BCUT2D eigenvalue weighted by Gasteiger charge is 2.18. The molecule has 2 heterocycles. The molecule has 3 N–H and O–H groups in total. The lowest BCUT2D eigenvalue weighted by Crippen LogP contribution is -2.24. The molecule has 0 saturated carbocycles. The number of rotatable bonds is 5. The number of pyridine rings is 1. The Morgan fingerprint density at radius 1 is 1.37 bits per heavy atom. The summed E-state index contributed by atoms with van der Waals surface area (Å²) >= 11 is 0. The molecule has 0 aliphatic rings. The van der Waals surface area contributed by atoms with Crippen molar-refractivity contribution in [3.8, 4) is 0 Å². The highest BCUT2D eigenvalue weighted by molar-refractivity contribution is 7.89. The summed E-state index contributed by atoms with van der Waals surface area (Å²) in [6.07, 6.45) is 4.45. The smallest absolute Gasteiger partial charge is 0.244 e. The van der Waals surface area contributed by atoms with E-state index in [4.69, 9.17) is 0 Å². The van der Waals surface area contributed by atoms with Gasteiger partial charge in [0.05, 0.1) is 11.9 Å². The minimum atomic E-state index is -3.61. The van der Waals surface area contributed by atoms with Crippen LogP contribution in [0.3, 0.4) is 0 Å². The van der Waals surface area contributed by atoms with Crippen LogP contribution in [0.15, 0.2) is 29.6 Å². The normalized spacial score (nSPS) is 11.5. The molecule has 0 bridgehead atoms. The number of nitrogens with zero attached hydrogens (tertiary/aromatic N) is 2. The highest BCUT2D eigenvalue weighted by Crippen LogP contribution is 2.18. The van der Waals surface area contributed by atoms with Crippen molar-refractivity contribution in [3.63, 3.8) is 0 Å². The maximum absolute atomic E-state index is 12.2. The molecule has 19 heavy (non-hydrogen) atoms. The van der Waals surface area contributed by atoms with Crippen molar-refractivity contribution in [1.82, 2.24) is 19.9 Å². The van der Waals surface area contributed by atoms with Gasteiger partial charge in [0.2, 0.25) is 10.0 Å². The number of aromatic nitrogens is 3. The monoisotopic (exact) mass is 281 g/mol. The molecule has 102 valence electrons. The summed E-state index contributed by atoms with van der Waals surface area (Å²) in [7, 11) is -1.95. The van der Waals surface area contributed by atoms with E-state index in [9.17, 15) is 8.42 Å². The SMILES string of the molecule is CNc1ccncc1S(=O)(=O)NCc1cn[nH]c1C. The molecule has 2 rings (SSSR count). The molecule has 8 heteroatoms. The van der Waals surface area contributed by atoms with E-state index in [0.717, 1.165) is 11.3 Å². The van der Waals surface area contributed by atoms with E-state index in [2.05, 4.69) is 25.2 Å². The van der Waals surface area contributed by atoms with Gasteiger partial charge in [-0.1, -0.05) is 0 Å². The summed E-state index contributed by atoms with van der Waals surface area (Å²) in [5.74, 6) is 0. The molecule has 0 unspecified atom stereocenters. The van der Waals surface area contributed by atoms with Crippen LogP contribution in [-0.4, -0.2) is 30.6 Å². The number of sulfonamides is 1. The molecule has 0 saturated heterocycles. The van der Waals surface area contributed by atoms with E-state index in [-0.39, 0.29) is 11.4 Å². The van der Waals surface area contributed by atoms with Crippen molar-refractivity contribution in [3.05, 3.63) is 35.9 Å². The van der Waals surface area contributed by atoms with Crippen molar-refractivity contribution in [2.75, 3.05) is 12.4 Å². The first kappa shape index (κ1) is 13.5. The molecule has 0 radical (unpaired) electrons. The first-order valence-electron chi connectivity index (χ1n) is 5.65. The number of hydrogen-bond acceptors (Lipinski definition) is 5. The average molecular weight is 281 g/mol. The van der Waals surface area contributed by atoms with Gasteiger partial charge in [0.15, 0.2) is 0 Å². The van der Waals surface area contributed by atoms with Crippen molar-refractivity contribution < 1.29 is 8.42 Å². The number of anilines is 1. The molecule has 0 aromatic carbocycles. The summed E-state index contributed by atoms with van der Waals surface area (Å²) in [5, 5.41) is 9.43. The third kappa shape index (κ3) is 2.91. The Kier molecular flexibility index (Phi) is 3.82. The topological polar surface area (TPSA) is 99.8 Å². The maximum atomic E-state index is 12.2. The van der Waals surface area contributed by atoms with Crippen molar-refractivity contribution in [1.29, 1.82) is 0 Å². The number of H-pyrrole nitrogens is 1. The molecule has 0 amide bonds. The van der Waals surface area contributed by atoms with Gasteiger partial charge in [0.1, 0.15) is 4.90 Å². The Balaban J connectivity index is 2.21. The summed E-state index contributed by atoms with van der Waals surface area (Å²) in [5.41, 5.74) is 2.15. The summed E-state index contributed by atoms with van der Waals surface area (Å²) in [6, 6.07) is 1.61. The first-order valence-corrected chi connectivity index (χ1v) is 7.13. The molecule has 0 aliphatic heterocycles. The molecule has 2 aromatic rings. The van der Waals surface area contributed by atoms with Gasteiger partial charge in [-0.2, -0.15) is 5.10 Å². The van der Waals surface area contributed by atoms with Crippen molar-refractivity contribution in [2.24, 2.45) is 0 Å². The fourth-order valence-corrected chi connectivity index (χ4v) is 2.77. The van der Waals surface area contributed by atoms with Crippen LogP contribution >= 0.6 is 0 Å². The second kappa shape index (κ2) is 5.37. The lowest BCUT2D eigenvalue weighted by atomic mass is 10.3. The van der Waals surface area contributed by atoms with Crippen LogP contribution in [0.5, 0.6) is 0 Å². The van der Waals surface area contributed by atoms with Crippen LogP contribution in [0.2, 0.25) is 0 Å². The van der Waals surface area contributed by atoms with Gasteiger partial charge >= 0.3 is 0 Å². The molecule has 0 atom stereocenters. The van der Waals surface area contributed by atoms with Gasteiger partial charge in [0.25, 0.3) is 0 Å². The van der Waals surface area contributed by atoms with Crippen LogP contribution in [-0.2, 0) is 16.6 Å². The van der Waals surface area contributed by atoms with E-state index in [1.54, 1.807) is 19.3 Å². The van der Waals surface area contributed by atoms with E-state index in [1.165, 1.54) is 12.4 Å². The Bertz CT molecular complexity index is 665. The standard InChI is InChI=1S/C11H15N5O2S/c1-8-9(5-14-16-8)6-15-19(17,18)11-7-13-4-3-10(11)12-2/h3-5,7,15H,6H2,1-2H3,(H,12,13)(H,14,16). The largest absolute Gasteiger partial charge is 0.387 e. The zero-order valence-electron chi connectivity index (χ0n) is 10.6. The first-order chi connectivity index (χ1) is 9.04. The lowest BCUT2D eigenvalue weighted by Gasteiger charge is -2.10. The van der Waals surface area contributed by atoms with Crippen molar-refractivity contribution in [2.45, 2.75) is 18.4 Å². The second-order valence-corrected chi connectivity index (χ2v) is 5.70. The Morgan fingerprint density at radius 3 is 2.79 bits per heavy atom. The van der Waals surface area contributed by atoms with Crippen LogP contribution < -0.4 is 10.0 Å². The second-order valence-electron chi connectivity index (χ2n) is 3.97. The minimum absolute atomic E-state index is 0.124. The van der Waals surface area contributed by atoms with Crippen LogP contribution in [0.4, 0.5) is 5.69 Å². The summed E-state index contributed by atoms with van der Waals surface area (Å²) in [4.78, 5) is 3.97. The Morgan fingerprint density at radius 2 is 2.16 bits per heavy atom. The van der Waals surface area contributed by atoms with E-state index < -0.39 is 10.0 Å². The number of aromatic amines is 1. The quantitative estimate of drug-likeness (QED) is 0.746. The molecule has 0 aliphatic carbocycles. The van der Waals surface area contributed by atoms with Gasteiger partial charge in [-0.05, 0) is 13.0 Å². The average Bonchev–Trinajstić information content (AvgIpc) is 2.82.